The molecule has 1 aromatic carbocycles. The number of nitrogens with one attached hydrogen (secondary N) is 2. The summed E-state index contributed by atoms with van der Waals surface area (Å²) in [5, 5.41) is 3.59. The van der Waals surface area contributed by atoms with Crippen LogP contribution in [0.4, 0.5) is 18.3 Å². The lowest BCUT2D eigenvalue weighted by Gasteiger charge is -2.09. The van der Waals surface area contributed by atoms with Crippen molar-refractivity contribution in [1.82, 2.24) is 15.0 Å². The molecule has 1 aliphatic carbocycles. The van der Waals surface area contributed by atoms with E-state index in [1.54, 1.807) is 23.5 Å². The molecule has 0 saturated heterocycles. The molecule has 1 aliphatic rings. The molecule has 0 spiro atoms. The molecular weight excluding hydrogens is 489 g/mol. The lowest BCUT2D eigenvalue weighted by molar-refractivity contribution is -0.153. The monoisotopic (exact) mass is 508 g/mol. The van der Waals surface area contributed by atoms with Gasteiger partial charge in [0.05, 0.1) is 10.1 Å². The van der Waals surface area contributed by atoms with Crippen LogP contribution < -0.4 is 15.6 Å². The van der Waals surface area contributed by atoms with Gasteiger partial charge in [-0.15, -0.1) is 11.3 Å². The van der Waals surface area contributed by atoms with Gasteiger partial charge >= 0.3 is 6.18 Å². The molecule has 0 bridgehead atoms. The fourth-order valence-electron chi connectivity index (χ4n) is 3.99. The number of hydrogen-bond donors (Lipinski definition) is 2. The predicted octanol–water partition coefficient (Wildman–Crippen LogP) is 4.99. The van der Waals surface area contributed by atoms with Gasteiger partial charge in [0.15, 0.2) is 11.7 Å². The predicted molar refractivity (Wildman–Crippen MR) is 125 cm³/mol. The molecule has 0 unspecified atom stereocenters. The minimum atomic E-state index is -4.46. The van der Waals surface area contributed by atoms with Crippen LogP contribution in [-0.4, -0.2) is 33.6 Å². The van der Waals surface area contributed by atoms with Crippen LogP contribution in [0.3, 0.4) is 0 Å². The second-order valence-electron chi connectivity index (χ2n) is 7.98. The first-order chi connectivity index (χ1) is 16.3. The number of carbonyl (C=O) groups is 1. The second-order valence-corrected chi connectivity index (χ2v) is 10.1. The Morgan fingerprint density at radius 2 is 2.00 bits per heavy atom. The van der Waals surface area contributed by atoms with Gasteiger partial charge in [-0.3, -0.25) is 9.59 Å². The summed E-state index contributed by atoms with van der Waals surface area (Å²) in [6.07, 6.45) is -0.104. The Morgan fingerprint density at radius 1 is 1.18 bits per heavy atom. The fraction of sp³-hybridized carbons (Fsp3) is 0.364. The first-order valence-electron chi connectivity index (χ1n) is 10.7. The van der Waals surface area contributed by atoms with Crippen LogP contribution in [0.25, 0.3) is 20.4 Å². The van der Waals surface area contributed by atoms with Crippen molar-refractivity contribution in [2.24, 2.45) is 0 Å². The molecule has 178 valence electrons. The van der Waals surface area contributed by atoms with Crippen molar-refractivity contribution in [3.8, 4) is 5.75 Å². The standard InChI is InChI=1S/C22H19F3N4O3S2/c23-22(24,25)10-32-12-5-3-7-14-18(12)29-21(34-14)28-16(30)9-8-15-26-19(31)17-11-4-1-2-6-13(11)33-20(17)27-15/h3,5,7H,1-2,4,6,8-10H2,(H,26,27,31)(H,28,29,30). The Labute approximate surface area is 199 Å². The van der Waals surface area contributed by atoms with E-state index < -0.39 is 12.8 Å². The number of aromatic nitrogens is 3. The van der Waals surface area contributed by atoms with Gasteiger partial charge in [-0.25, -0.2) is 9.97 Å². The summed E-state index contributed by atoms with van der Waals surface area (Å²) in [6, 6.07) is 4.66. The van der Waals surface area contributed by atoms with E-state index in [0.29, 0.717) is 20.7 Å². The molecule has 0 aliphatic heterocycles. The van der Waals surface area contributed by atoms with Crippen molar-refractivity contribution in [1.29, 1.82) is 0 Å². The minimum Gasteiger partial charge on any atom is -0.482 e. The van der Waals surface area contributed by atoms with E-state index in [4.69, 9.17) is 4.74 Å². The number of hydrogen-bond acceptors (Lipinski definition) is 7. The van der Waals surface area contributed by atoms with Crippen LogP contribution in [0.1, 0.15) is 35.5 Å². The number of aryl methyl sites for hydroxylation is 3. The van der Waals surface area contributed by atoms with Gasteiger partial charge in [0.1, 0.15) is 21.9 Å². The number of H-pyrrole nitrogens is 1. The number of aromatic amines is 1. The van der Waals surface area contributed by atoms with Gasteiger partial charge in [-0.05, 0) is 43.4 Å². The molecule has 3 aromatic heterocycles. The molecule has 4 aromatic rings. The number of thiophene rings is 1. The van der Waals surface area contributed by atoms with Crippen LogP contribution in [0.5, 0.6) is 5.75 Å². The number of nitrogens with zero attached hydrogens (tertiary/aromatic N) is 2. The Kier molecular flexibility index (Phi) is 6.02. The van der Waals surface area contributed by atoms with Gasteiger partial charge in [-0.2, -0.15) is 13.2 Å². The average molecular weight is 509 g/mol. The first-order valence-corrected chi connectivity index (χ1v) is 12.3. The summed E-state index contributed by atoms with van der Waals surface area (Å²) in [4.78, 5) is 38.6. The zero-order valence-electron chi connectivity index (χ0n) is 17.8. The van der Waals surface area contributed by atoms with Crippen molar-refractivity contribution < 1.29 is 22.7 Å². The van der Waals surface area contributed by atoms with E-state index in [9.17, 15) is 22.8 Å². The third kappa shape index (κ3) is 4.78. The summed E-state index contributed by atoms with van der Waals surface area (Å²) in [7, 11) is 0. The number of rotatable bonds is 6. The summed E-state index contributed by atoms with van der Waals surface area (Å²) < 4.78 is 42.9. The number of halogens is 3. The van der Waals surface area contributed by atoms with E-state index in [0.717, 1.165) is 42.6 Å². The molecule has 1 amide bonds. The van der Waals surface area contributed by atoms with E-state index >= 15 is 0 Å². The van der Waals surface area contributed by atoms with Crippen LogP contribution in [0, 0.1) is 0 Å². The molecule has 0 saturated carbocycles. The molecule has 0 fully saturated rings. The van der Waals surface area contributed by atoms with Crippen LogP contribution in [-0.2, 0) is 24.1 Å². The Morgan fingerprint density at radius 3 is 2.82 bits per heavy atom. The number of ether oxygens (including phenoxy) is 1. The maximum atomic E-state index is 12.6. The van der Waals surface area contributed by atoms with E-state index in [1.807, 2.05) is 0 Å². The summed E-state index contributed by atoms with van der Waals surface area (Å²) >= 11 is 2.69. The molecular formula is C22H19F3N4O3S2. The van der Waals surface area contributed by atoms with Crippen LogP contribution >= 0.6 is 22.7 Å². The molecule has 5 rings (SSSR count). The van der Waals surface area contributed by atoms with E-state index in [1.165, 1.54) is 10.9 Å². The third-order valence-corrected chi connectivity index (χ3v) is 7.60. The van der Waals surface area contributed by atoms with Crippen LogP contribution in [0.15, 0.2) is 23.0 Å². The molecule has 2 N–H and O–H groups in total. The highest BCUT2D eigenvalue weighted by molar-refractivity contribution is 7.22. The van der Waals surface area contributed by atoms with Crippen molar-refractivity contribution >= 4 is 54.1 Å². The van der Waals surface area contributed by atoms with Gasteiger partial charge in [0.25, 0.3) is 5.56 Å². The topological polar surface area (TPSA) is 97.0 Å². The lowest BCUT2D eigenvalue weighted by atomic mass is 9.97. The lowest BCUT2D eigenvalue weighted by Crippen LogP contribution is -2.19. The number of benzene rings is 1. The van der Waals surface area contributed by atoms with Crippen molar-refractivity contribution in [3.63, 3.8) is 0 Å². The van der Waals surface area contributed by atoms with E-state index in [-0.39, 0.29) is 40.7 Å². The summed E-state index contributed by atoms with van der Waals surface area (Å²) in [6.45, 7) is -1.42. The van der Waals surface area contributed by atoms with Gasteiger partial charge in [-0.1, -0.05) is 17.4 Å². The summed E-state index contributed by atoms with van der Waals surface area (Å²) in [5.74, 6) is 0.101. The summed E-state index contributed by atoms with van der Waals surface area (Å²) in [5.41, 5.74) is 1.20. The SMILES string of the molecule is O=C(CCc1nc2sc3c(c2c(=O)[nH]1)CCCC3)Nc1nc2c(OCC(F)(F)F)cccc2s1. The molecule has 0 radical (unpaired) electrons. The highest BCUT2D eigenvalue weighted by Crippen LogP contribution is 2.34. The van der Waals surface area contributed by atoms with Gasteiger partial charge < -0.3 is 15.0 Å². The van der Waals surface area contributed by atoms with Crippen molar-refractivity contribution in [2.45, 2.75) is 44.7 Å². The number of alkyl halides is 3. The van der Waals surface area contributed by atoms with Crippen molar-refractivity contribution in [3.05, 3.63) is 44.8 Å². The smallest absolute Gasteiger partial charge is 0.422 e. The average Bonchev–Trinajstić information content (AvgIpc) is 3.36. The van der Waals surface area contributed by atoms with Gasteiger partial charge in [0, 0.05) is 17.7 Å². The number of carbonyl (C=O) groups excluding carboxylic acids is 1. The minimum absolute atomic E-state index is 0.000275. The Bertz CT molecular complexity index is 1440. The Hall–Kier alpha value is -2.99. The molecule has 34 heavy (non-hydrogen) atoms. The molecule has 3 heterocycles. The first kappa shape index (κ1) is 22.8. The van der Waals surface area contributed by atoms with E-state index in [2.05, 4.69) is 20.3 Å². The number of fused-ring (bicyclic) bond motifs is 4. The van der Waals surface area contributed by atoms with Gasteiger partial charge in [0.2, 0.25) is 5.91 Å². The zero-order chi connectivity index (χ0) is 23.9. The fourth-order valence-corrected chi connectivity index (χ4v) is 6.17. The highest BCUT2D eigenvalue weighted by atomic mass is 32.1. The van der Waals surface area contributed by atoms with Crippen LogP contribution in [0.2, 0.25) is 0 Å². The number of thiazole rings is 1. The second kappa shape index (κ2) is 8.99. The largest absolute Gasteiger partial charge is 0.482 e. The Balaban J connectivity index is 1.27. The molecule has 12 heteroatoms. The highest BCUT2D eigenvalue weighted by Gasteiger charge is 2.29. The number of para-hydroxylation sites is 1. The maximum absolute atomic E-state index is 12.6. The quantitative estimate of drug-likeness (QED) is 0.383. The normalized spacial score (nSPS) is 13.9. The number of amides is 1. The molecule has 7 nitrogen and oxygen atoms in total. The third-order valence-electron chi connectivity index (χ3n) is 5.48. The maximum Gasteiger partial charge on any atom is 0.422 e. The zero-order valence-corrected chi connectivity index (χ0v) is 19.4. The van der Waals surface area contributed by atoms with Crippen molar-refractivity contribution in [2.75, 3.05) is 11.9 Å². The molecule has 0 atom stereocenters. The number of anilines is 1.